The monoisotopic (exact) mass is 383 g/mol. The van der Waals surface area contributed by atoms with Crippen molar-refractivity contribution in [3.8, 4) is 0 Å². The van der Waals surface area contributed by atoms with Gasteiger partial charge in [0.1, 0.15) is 0 Å². The van der Waals surface area contributed by atoms with Crippen LogP contribution in [-0.4, -0.2) is 37.0 Å². The van der Waals surface area contributed by atoms with Crippen LogP contribution in [-0.2, 0) is 9.53 Å². The lowest BCUT2D eigenvalue weighted by Gasteiger charge is -2.34. The Hall–Kier alpha value is -3.42. The average molecular weight is 383 g/mol. The normalized spacial score (nSPS) is 16.3. The number of hydrogen-bond donors (Lipinski definition) is 1. The first-order valence-corrected chi connectivity index (χ1v) is 8.97. The SMILES string of the molecule is COC(=O)c1cc([N+](=O)[O-])ccc1N1CCC[C@@H](C(=O)Nc2ccccc2)C1. The number of piperidine rings is 1. The molecule has 1 aliphatic heterocycles. The highest BCUT2D eigenvalue weighted by molar-refractivity contribution is 5.97. The van der Waals surface area contributed by atoms with Crippen LogP contribution in [0.15, 0.2) is 48.5 Å². The molecule has 1 atom stereocenters. The highest BCUT2D eigenvalue weighted by Crippen LogP contribution is 2.30. The summed E-state index contributed by atoms with van der Waals surface area (Å²) in [6.45, 7) is 1.07. The van der Waals surface area contributed by atoms with Crippen molar-refractivity contribution in [3.05, 3.63) is 64.2 Å². The topological polar surface area (TPSA) is 102 Å². The van der Waals surface area contributed by atoms with E-state index in [1.165, 1.54) is 19.2 Å². The van der Waals surface area contributed by atoms with Gasteiger partial charge in [0.05, 0.1) is 29.2 Å². The van der Waals surface area contributed by atoms with Gasteiger partial charge in [-0.05, 0) is 31.0 Å². The standard InChI is InChI=1S/C20H21N3O5/c1-28-20(25)17-12-16(23(26)27)9-10-18(17)22-11-5-6-14(13-22)19(24)21-15-7-3-2-4-8-15/h2-4,7-10,12,14H,5-6,11,13H2,1H3,(H,21,24)/t14-/m1/s1. The van der Waals surface area contributed by atoms with Crippen LogP contribution >= 0.6 is 0 Å². The molecule has 3 rings (SSSR count). The van der Waals surface area contributed by atoms with E-state index in [4.69, 9.17) is 4.74 Å². The number of methoxy groups -OCH3 is 1. The average Bonchev–Trinajstić information content (AvgIpc) is 2.73. The number of ether oxygens (including phenoxy) is 1. The minimum absolute atomic E-state index is 0.0857. The van der Waals surface area contributed by atoms with E-state index in [1.54, 1.807) is 6.07 Å². The molecular formula is C20H21N3O5. The fraction of sp³-hybridized carbons (Fsp3) is 0.300. The van der Waals surface area contributed by atoms with Gasteiger partial charge in [0.2, 0.25) is 5.91 Å². The maximum absolute atomic E-state index is 12.6. The van der Waals surface area contributed by atoms with Crippen molar-refractivity contribution in [3.63, 3.8) is 0 Å². The molecule has 0 aliphatic carbocycles. The number of hydrogen-bond acceptors (Lipinski definition) is 6. The Bertz CT molecular complexity index is 885. The van der Waals surface area contributed by atoms with Gasteiger partial charge in [0, 0.05) is 30.9 Å². The van der Waals surface area contributed by atoms with E-state index in [0.717, 1.165) is 18.5 Å². The lowest BCUT2D eigenvalue weighted by molar-refractivity contribution is -0.384. The Balaban J connectivity index is 1.81. The van der Waals surface area contributed by atoms with Crippen molar-refractivity contribution in [1.82, 2.24) is 0 Å². The third kappa shape index (κ3) is 4.28. The van der Waals surface area contributed by atoms with Crippen molar-refractivity contribution in [2.75, 3.05) is 30.4 Å². The zero-order valence-corrected chi connectivity index (χ0v) is 15.5. The van der Waals surface area contributed by atoms with Gasteiger partial charge in [0.15, 0.2) is 0 Å². The van der Waals surface area contributed by atoms with Gasteiger partial charge in [-0.1, -0.05) is 18.2 Å². The predicted molar refractivity (Wildman–Crippen MR) is 104 cm³/mol. The van der Waals surface area contributed by atoms with Gasteiger partial charge in [-0.25, -0.2) is 4.79 Å². The highest BCUT2D eigenvalue weighted by Gasteiger charge is 2.29. The molecular weight excluding hydrogens is 362 g/mol. The van der Waals surface area contributed by atoms with E-state index in [-0.39, 0.29) is 23.1 Å². The smallest absolute Gasteiger partial charge is 0.340 e. The molecule has 0 saturated carbocycles. The minimum atomic E-state index is -0.644. The number of nitrogens with zero attached hydrogens (tertiary/aromatic N) is 2. The Labute approximate surface area is 162 Å². The van der Waals surface area contributed by atoms with Crippen LogP contribution in [0.3, 0.4) is 0 Å². The minimum Gasteiger partial charge on any atom is -0.465 e. The van der Waals surface area contributed by atoms with Crippen LogP contribution in [0.2, 0.25) is 0 Å². The number of para-hydroxylation sites is 1. The fourth-order valence-corrected chi connectivity index (χ4v) is 3.36. The number of anilines is 2. The molecule has 0 aromatic heterocycles. The largest absolute Gasteiger partial charge is 0.465 e. The molecule has 1 N–H and O–H groups in total. The molecule has 2 aromatic rings. The summed E-state index contributed by atoms with van der Waals surface area (Å²) in [6, 6.07) is 13.3. The molecule has 0 unspecified atom stereocenters. The Kier molecular flexibility index (Phi) is 5.88. The molecule has 146 valence electrons. The van der Waals surface area contributed by atoms with Crippen LogP contribution in [0.1, 0.15) is 23.2 Å². The molecule has 1 saturated heterocycles. The van der Waals surface area contributed by atoms with E-state index in [0.29, 0.717) is 18.8 Å². The molecule has 1 fully saturated rings. The number of nitro benzene ring substituents is 1. The van der Waals surface area contributed by atoms with Crippen molar-refractivity contribution in [1.29, 1.82) is 0 Å². The summed E-state index contributed by atoms with van der Waals surface area (Å²) < 4.78 is 4.79. The van der Waals surface area contributed by atoms with Gasteiger partial charge < -0.3 is 15.0 Å². The lowest BCUT2D eigenvalue weighted by Crippen LogP contribution is -2.41. The van der Waals surface area contributed by atoms with Crippen molar-refractivity contribution in [2.45, 2.75) is 12.8 Å². The summed E-state index contributed by atoms with van der Waals surface area (Å²) >= 11 is 0. The number of rotatable bonds is 5. The number of carbonyl (C=O) groups excluding carboxylic acids is 2. The molecule has 1 heterocycles. The predicted octanol–water partition coefficient (Wildman–Crippen LogP) is 3.24. The van der Waals surface area contributed by atoms with Crippen LogP contribution < -0.4 is 10.2 Å². The first-order chi connectivity index (χ1) is 13.5. The summed E-state index contributed by atoms with van der Waals surface area (Å²) in [5, 5.41) is 14.0. The summed E-state index contributed by atoms with van der Waals surface area (Å²) in [5.41, 5.74) is 1.21. The number of carbonyl (C=O) groups is 2. The van der Waals surface area contributed by atoms with Crippen molar-refractivity contribution >= 4 is 28.9 Å². The Morgan fingerprint density at radius 3 is 2.64 bits per heavy atom. The van der Waals surface area contributed by atoms with Gasteiger partial charge >= 0.3 is 5.97 Å². The van der Waals surface area contributed by atoms with Gasteiger partial charge in [-0.2, -0.15) is 0 Å². The second-order valence-corrected chi connectivity index (χ2v) is 6.59. The lowest BCUT2D eigenvalue weighted by atomic mass is 9.95. The maximum atomic E-state index is 12.6. The number of benzene rings is 2. The van der Waals surface area contributed by atoms with E-state index < -0.39 is 10.9 Å². The molecule has 2 aromatic carbocycles. The van der Waals surface area contributed by atoms with Crippen LogP contribution in [0.5, 0.6) is 0 Å². The van der Waals surface area contributed by atoms with Gasteiger partial charge in [-0.15, -0.1) is 0 Å². The molecule has 0 radical (unpaired) electrons. The molecule has 8 heteroatoms. The molecule has 8 nitrogen and oxygen atoms in total. The van der Waals surface area contributed by atoms with Crippen LogP contribution in [0, 0.1) is 16.0 Å². The van der Waals surface area contributed by atoms with Crippen molar-refractivity contribution < 1.29 is 19.2 Å². The molecule has 1 aliphatic rings. The first kappa shape index (κ1) is 19.3. The maximum Gasteiger partial charge on any atom is 0.340 e. The Morgan fingerprint density at radius 2 is 1.96 bits per heavy atom. The molecule has 0 bridgehead atoms. The van der Waals surface area contributed by atoms with Gasteiger partial charge in [-0.3, -0.25) is 14.9 Å². The van der Waals surface area contributed by atoms with E-state index >= 15 is 0 Å². The fourth-order valence-electron chi connectivity index (χ4n) is 3.36. The van der Waals surface area contributed by atoms with Crippen LogP contribution in [0.4, 0.5) is 17.1 Å². The highest BCUT2D eigenvalue weighted by atomic mass is 16.6. The van der Waals surface area contributed by atoms with Gasteiger partial charge in [0.25, 0.3) is 5.69 Å². The second-order valence-electron chi connectivity index (χ2n) is 6.59. The Morgan fingerprint density at radius 1 is 1.21 bits per heavy atom. The van der Waals surface area contributed by atoms with E-state index in [2.05, 4.69) is 5.32 Å². The summed E-state index contributed by atoms with van der Waals surface area (Å²) in [7, 11) is 1.23. The van der Waals surface area contributed by atoms with Crippen molar-refractivity contribution in [2.24, 2.45) is 5.92 Å². The number of nitrogens with one attached hydrogen (secondary N) is 1. The number of amides is 1. The quantitative estimate of drug-likeness (QED) is 0.483. The number of non-ortho nitro benzene ring substituents is 1. The zero-order valence-electron chi connectivity index (χ0n) is 15.5. The zero-order chi connectivity index (χ0) is 20.1. The summed E-state index contributed by atoms with van der Waals surface area (Å²) in [4.78, 5) is 37.2. The third-order valence-electron chi connectivity index (χ3n) is 4.77. The molecule has 1 amide bonds. The molecule has 0 spiro atoms. The first-order valence-electron chi connectivity index (χ1n) is 8.97. The number of esters is 1. The summed E-state index contributed by atoms with van der Waals surface area (Å²) in [5.74, 6) is -0.985. The van der Waals surface area contributed by atoms with E-state index in [1.807, 2.05) is 35.2 Å². The second kappa shape index (κ2) is 8.51. The van der Waals surface area contributed by atoms with Crippen LogP contribution in [0.25, 0.3) is 0 Å². The third-order valence-corrected chi connectivity index (χ3v) is 4.77. The number of nitro groups is 1. The summed E-state index contributed by atoms with van der Waals surface area (Å²) in [6.07, 6.45) is 1.50. The molecule has 28 heavy (non-hydrogen) atoms. The van der Waals surface area contributed by atoms with E-state index in [9.17, 15) is 19.7 Å².